The van der Waals surface area contributed by atoms with Gasteiger partial charge in [0.15, 0.2) is 5.96 Å². The second kappa shape index (κ2) is 10.3. The molecule has 0 saturated carbocycles. The lowest BCUT2D eigenvalue weighted by Gasteiger charge is -2.22. The largest absolute Gasteiger partial charge is 0.375 e. The number of benzene rings is 1. The predicted molar refractivity (Wildman–Crippen MR) is 107 cm³/mol. The van der Waals surface area contributed by atoms with Gasteiger partial charge in [0.1, 0.15) is 0 Å². The predicted octanol–water partition coefficient (Wildman–Crippen LogP) is 3.03. The van der Waals surface area contributed by atoms with Crippen LogP contribution in [0.25, 0.3) is 0 Å². The third kappa shape index (κ3) is 6.94. The molecule has 0 bridgehead atoms. The fraction of sp³-hybridized carbons (Fsp3) is 0.650. The van der Waals surface area contributed by atoms with Crippen LogP contribution in [0.5, 0.6) is 0 Å². The van der Waals surface area contributed by atoms with Crippen LogP contribution in [0, 0.1) is 0 Å². The van der Waals surface area contributed by atoms with Crippen molar-refractivity contribution >= 4 is 11.6 Å². The molecule has 5 heteroatoms. The van der Waals surface area contributed by atoms with Crippen molar-refractivity contribution in [3.63, 3.8) is 0 Å². The number of nitrogens with one attached hydrogen (secondary N) is 2. The van der Waals surface area contributed by atoms with Gasteiger partial charge in [0, 0.05) is 39.0 Å². The molecule has 1 unspecified atom stereocenters. The van der Waals surface area contributed by atoms with E-state index in [9.17, 15) is 0 Å². The van der Waals surface area contributed by atoms with Gasteiger partial charge in [-0.25, -0.2) is 0 Å². The Hall–Kier alpha value is -1.75. The van der Waals surface area contributed by atoms with E-state index in [2.05, 4.69) is 66.8 Å². The van der Waals surface area contributed by atoms with Crippen LogP contribution in [0.4, 0.5) is 5.69 Å². The summed E-state index contributed by atoms with van der Waals surface area (Å²) in [6.07, 6.45) is 4.51. The number of hydrogen-bond acceptors (Lipinski definition) is 3. The topological polar surface area (TPSA) is 48.9 Å². The van der Waals surface area contributed by atoms with Crippen molar-refractivity contribution in [1.29, 1.82) is 0 Å². The molecule has 1 atom stereocenters. The number of ether oxygens (including phenoxy) is 1. The van der Waals surface area contributed by atoms with Crippen LogP contribution in [0.3, 0.4) is 0 Å². The first kappa shape index (κ1) is 19.6. The summed E-state index contributed by atoms with van der Waals surface area (Å²) in [5.74, 6) is 0.899. The fourth-order valence-corrected chi connectivity index (χ4v) is 3.04. The highest BCUT2D eigenvalue weighted by Crippen LogP contribution is 2.24. The first-order valence-electron chi connectivity index (χ1n) is 9.55. The highest BCUT2D eigenvalue weighted by atomic mass is 16.5. The molecule has 0 aliphatic carbocycles. The third-order valence-corrected chi connectivity index (χ3v) is 4.63. The van der Waals surface area contributed by atoms with Crippen molar-refractivity contribution < 1.29 is 4.74 Å². The van der Waals surface area contributed by atoms with Gasteiger partial charge in [-0.2, -0.15) is 0 Å². The van der Waals surface area contributed by atoms with Crippen molar-refractivity contribution in [1.82, 2.24) is 10.6 Å². The SMILES string of the molecule is CCNC(=NCC1(C)CCCO1)NCCCCN(C)c1ccccc1. The monoisotopic (exact) mass is 346 g/mol. The molecule has 1 aliphatic rings. The van der Waals surface area contributed by atoms with Crippen LogP contribution < -0.4 is 15.5 Å². The second-order valence-corrected chi connectivity index (χ2v) is 6.99. The van der Waals surface area contributed by atoms with Crippen LogP contribution in [0.2, 0.25) is 0 Å². The highest BCUT2D eigenvalue weighted by molar-refractivity contribution is 5.79. The molecule has 25 heavy (non-hydrogen) atoms. The van der Waals surface area contributed by atoms with E-state index in [-0.39, 0.29) is 5.60 Å². The lowest BCUT2D eigenvalue weighted by Crippen LogP contribution is -2.39. The molecule has 0 spiro atoms. The molecule has 2 rings (SSSR count). The average Bonchev–Trinajstić information content (AvgIpc) is 3.07. The summed E-state index contributed by atoms with van der Waals surface area (Å²) in [6, 6.07) is 10.5. The maximum Gasteiger partial charge on any atom is 0.191 e. The maximum absolute atomic E-state index is 5.81. The molecule has 0 aromatic heterocycles. The fourth-order valence-electron chi connectivity index (χ4n) is 3.04. The molecule has 1 heterocycles. The van der Waals surface area contributed by atoms with Crippen molar-refractivity contribution in [3.05, 3.63) is 30.3 Å². The average molecular weight is 347 g/mol. The molecule has 1 aliphatic heterocycles. The normalized spacial score (nSPS) is 20.5. The number of hydrogen-bond donors (Lipinski definition) is 2. The number of unbranched alkanes of at least 4 members (excludes halogenated alkanes) is 1. The maximum atomic E-state index is 5.81. The minimum atomic E-state index is -0.0826. The Morgan fingerprint density at radius 3 is 2.72 bits per heavy atom. The van der Waals surface area contributed by atoms with Crippen LogP contribution in [-0.2, 0) is 4.74 Å². The first-order chi connectivity index (χ1) is 12.1. The van der Waals surface area contributed by atoms with E-state index in [0.29, 0.717) is 0 Å². The summed E-state index contributed by atoms with van der Waals surface area (Å²) >= 11 is 0. The molecule has 1 aromatic carbocycles. The Bertz CT molecular complexity index is 512. The van der Waals surface area contributed by atoms with Crippen LogP contribution in [0.1, 0.15) is 39.5 Å². The molecule has 0 radical (unpaired) electrons. The second-order valence-electron chi connectivity index (χ2n) is 6.99. The summed E-state index contributed by atoms with van der Waals surface area (Å²) in [5.41, 5.74) is 1.19. The van der Waals surface area contributed by atoms with Crippen molar-refractivity contribution in [3.8, 4) is 0 Å². The molecular formula is C20H34N4O. The summed E-state index contributed by atoms with van der Waals surface area (Å²) in [6.45, 7) is 8.72. The number of nitrogens with zero attached hydrogens (tertiary/aromatic N) is 2. The van der Waals surface area contributed by atoms with Crippen molar-refractivity contribution in [2.45, 2.75) is 45.1 Å². The van der Waals surface area contributed by atoms with Gasteiger partial charge in [-0.15, -0.1) is 0 Å². The van der Waals surface area contributed by atoms with E-state index in [1.54, 1.807) is 0 Å². The van der Waals surface area contributed by atoms with Gasteiger partial charge >= 0.3 is 0 Å². The number of rotatable bonds is 9. The Labute approximate surface area is 152 Å². The molecule has 0 amide bonds. The summed E-state index contributed by atoms with van der Waals surface area (Å²) < 4.78 is 5.81. The van der Waals surface area contributed by atoms with Gasteiger partial charge in [0.25, 0.3) is 0 Å². The molecule has 1 aromatic rings. The highest BCUT2D eigenvalue weighted by Gasteiger charge is 2.29. The van der Waals surface area contributed by atoms with Crippen LogP contribution in [-0.4, -0.2) is 51.4 Å². The minimum Gasteiger partial charge on any atom is -0.375 e. The van der Waals surface area contributed by atoms with E-state index in [1.807, 2.05) is 0 Å². The quantitative estimate of drug-likeness (QED) is 0.410. The summed E-state index contributed by atoms with van der Waals surface area (Å²) in [5, 5.41) is 6.76. The van der Waals surface area contributed by atoms with E-state index in [1.165, 1.54) is 5.69 Å². The minimum absolute atomic E-state index is 0.0826. The van der Waals surface area contributed by atoms with Gasteiger partial charge in [-0.05, 0) is 51.7 Å². The van der Waals surface area contributed by atoms with E-state index < -0.39 is 0 Å². The zero-order chi connectivity index (χ0) is 18.0. The molecule has 5 nitrogen and oxygen atoms in total. The zero-order valence-electron chi connectivity index (χ0n) is 16.1. The zero-order valence-corrected chi connectivity index (χ0v) is 16.1. The van der Waals surface area contributed by atoms with Gasteiger partial charge in [0.05, 0.1) is 12.1 Å². The lowest BCUT2D eigenvalue weighted by atomic mass is 10.0. The smallest absolute Gasteiger partial charge is 0.191 e. The summed E-state index contributed by atoms with van der Waals surface area (Å²) in [7, 11) is 2.15. The van der Waals surface area contributed by atoms with E-state index >= 15 is 0 Å². The summed E-state index contributed by atoms with van der Waals surface area (Å²) in [4.78, 5) is 7.01. The Kier molecular flexibility index (Phi) is 8.06. The molecule has 140 valence electrons. The first-order valence-corrected chi connectivity index (χ1v) is 9.55. The van der Waals surface area contributed by atoms with Crippen molar-refractivity contribution in [2.75, 3.05) is 44.7 Å². The van der Waals surface area contributed by atoms with E-state index in [0.717, 1.165) is 64.4 Å². The van der Waals surface area contributed by atoms with Crippen molar-refractivity contribution in [2.24, 2.45) is 4.99 Å². The van der Waals surface area contributed by atoms with Gasteiger partial charge in [-0.1, -0.05) is 18.2 Å². The number of aliphatic imine (C=N–C) groups is 1. The number of para-hydroxylation sites is 1. The van der Waals surface area contributed by atoms with Gasteiger partial charge < -0.3 is 20.3 Å². The Morgan fingerprint density at radius 2 is 2.04 bits per heavy atom. The lowest BCUT2D eigenvalue weighted by molar-refractivity contribution is 0.0283. The molecular weight excluding hydrogens is 312 g/mol. The third-order valence-electron chi connectivity index (χ3n) is 4.63. The van der Waals surface area contributed by atoms with Crippen LogP contribution in [0.15, 0.2) is 35.3 Å². The van der Waals surface area contributed by atoms with E-state index in [4.69, 9.17) is 9.73 Å². The van der Waals surface area contributed by atoms with Gasteiger partial charge in [0.2, 0.25) is 0 Å². The number of guanidine groups is 1. The Balaban J connectivity index is 1.67. The van der Waals surface area contributed by atoms with Gasteiger partial charge in [-0.3, -0.25) is 4.99 Å². The molecule has 1 saturated heterocycles. The molecule has 2 N–H and O–H groups in total. The molecule has 1 fully saturated rings. The van der Waals surface area contributed by atoms with Crippen LogP contribution >= 0.6 is 0 Å². The number of anilines is 1. The standard InChI is InChI=1S/C20H34N4O/c1-4-21-19(23-17-20(2)13-10-16-25-20)22-14-8-9-15-24(3)18-11-6-5-7-12-18/h5-7,11-12H,4,8-10,13-17H2,1-3H3,(H2,21,22,23). The Morgan fingerprint density at radius 1 is 1.24 bits per heavy atom.